The smallest absolute Gasteiger partial charge is 0.323 e. The van der Waals surface area contributed by atoms with Crippen LogP contribution >= 0.6 is 0 Å². The molecule has 2 heterocycles. The van der Waals surface area contributed by atoms with E-state index in [1.807, 2.05) is 27.7 Å². The van der Waals surface area contributed by atoms with Gasteiger partial charge in [-0.05, 0) is 60.1 Å². The number of aliphatic imine (C=N–C) groups is 1. The molecule has 2 rings (SSSR count). The molecule has 0 spiro atoms. The van der Waals surface area contributed by atoms with Gasteiger partial charge in [-0.2, -0.15) is 10.1 Å². The van der Waals surface area contributed by atoms with Crippen LogP contribution < -0.4 is 9.79 Å². The first-order chi connectivity index (χ1) is 13.1. The van der Waals surface area contributed by atoms with E-state index in [0.717, 1.165) is 0 Å². The van der Waals surface area contributed by atoms with E-state index in [4.69, 9.17) is 14.0 Å². The van der Waals surface area contributed by atoms with Crippen molar-refractivity contribution in [3.05, 3.63) is 6.20 Å². The Hall–Kier alpha value is -2.20. The number of piperidine rings is 1. The summed E-state index contributed by atoms with van der Waals surface area (Å²) in [5.41, 5.74) is -1.62. The quantitative estimate of drug-likeness (QED) is 0.261. The highest BCUT2D eigenvalue weighted by molar-refractivity contribution is 5.75. The lowest BCUT2D eigenvalue weighted by Gasteiger charge is -2.48. The second-order valence-electron chi connectivity index (χ2n) is 9.74. The fourth-order valence-electron chi connectivity index (χ4n) is 3.49. The highest BCUT2D eigenvalue weighted by Crippen LogP contribution is 2.40. The molecule has 1 aromatic rings. The van der Waals surface area contributed by atoms with Crippen LogP contribution in [0.3, 0.4) is 0 Å². The molecule has 1 aromatic heterocycles. The molecule has 1 unspecified atom stereocenters. The maximum Gasteiger partial charge on any atom is 0.323 e. The summed E-state index contributed by atoms with van der Waals surface area (Å²) in [7, 11) is 0. The van der Waals surface area contributed by atoms with Gasteiger partial charge >= 0.3 is 11.9 Å². The van der Waals surface area contributed by atoms with Crippen molar-refractivity contribution in [2.75, 3.05) is 0 Å². The molecule has 1 aliphatic rings. The minimum Gasteiger partial charge on any atom is -0.563 e. The Kier molecular flexibility index (Phi) is 6.29. The first-order valence-corrected chi connectivity index (χ1v) is 9.63. The predicted octanol–water partition coefficient (Wildman–Crippen LogP) is 1.85. The molecule has 164 valence electrons. The first kappa shape index (κ1) is 23.1. The number of carbonyl (C=O) groups is 1. The third kappa shape index (κ3) is 5.66. The Morgan fingerprint density at radius 1 is 1.34 bits per heavy atom. The molecular weight excluding hydrogens is 380 g/mol. The minimum atomic E-state index is -1.08. The molecule has 29 heavy (non-hydrogen) atoms. The van der Waals surface area contributed by atoms with Gasteiger partial charge in [0.05, 0.1) is 5.41 Å². The van der Waals surface area contributed by atoms with E-state index in [9.17, 15) is 15.1 Å². The van der Waals surface area contributed by atoms with Crippen molar-refractivity contribution in [3.63, 3.8) is 0 Å². The fraction of sp³-hybridized carbons (Fsp3) is 0.789. The Morgan fingerprint density at radius 2 is 1.90 bits per heavy atom. The van der Waals surface area contributed by atoms with E-state index in [2.05, 4.69) is 10.3 Å². The van der Waals surface area contributed by atoms with Gasteiger partial charge in [0.25, 0.3) is 6.20 Å². The van der Waals surface area contributed by atoms with Gasteiger partial charge in [0, 0.05) is 23.9 Å². The monoisotopic (exact) mass is 412 g/mol. The Bertz CT molecular complexity index is 747. The van der Waals surface area contributed by atoms with E-state index in [0.29, 0.717) is 12.8 Å². The van der Waals surface area contributed by atoms with E-state index in [1.54, 1.807) is 25.5 Å². The summed E-state index contributed by atoms with van der Waals surface area (Å²) >= 11 is 0. The van der Waals surface area contributed by atoms with E-state index >= 15 is 0 Å². The molecule has 10 heteroatoms. The number of hydroxylamine groups is 2. The number of ether oxygens (including phenoxy) is 2. The molecule has 1 fully saturated rings. The molecule has 1 atom stereocenters. The van der Waals surface area contributed by atoms with Crippen LogP contribution in [0.2, 0.25) is 0 Å². The summed E-state index contributed by atoms with van der Waals surface area (Å²) in [5, 5.41) is 27.7. The molecule has 1 N–H and O–H groups in total. The normalized spacial score (nSPS) is 21.6. The maximum atomic E-state index is 12.0. The average molecular weight is 412 g/mol. The van der Waals surface area contributed by atoms with Crippen LogP contribution in [-0.4, -0.2) is 45.0 Å². The molecule has 0 amide bonds. The Balaban J connectivity index is 2.05. The van der Waals surface area contributed by atoms with Gasteiger partial charge in [0.15, 0.2) is 18.4 Å². The fourth-order valence-corrected chi connectivity index (χ4v) is 3.49. The molecule has 1 saturated heterocycles. The zero-order valence-corrected chi connectivity index (χ0v) is 18.4. The zero-order chi connectivity index (χ0) is 22.2. The van der Waals surface area contributed by atoms with Crippen molar-refractivity contribution >= 4 is 17.9 Å². The van der Waals surface area contributed by atoms with Crippen molar-refractivity contribution in [1.82, 2.24) is 10.3 Å². The molecule has 0 saturated carbocycles. The number of hydrogen-bond donors (Lipinski definition) is 1. The zero-order valence-electron chi connectivity index (χ0n) is 18.4. The van der Waals surface area contributed by atoms with Crippen molar-refractivity contribution in [1.29, 1.82) is 0 Å². The van der Waals surface area contributed by atoms with Gasteiger partial charge in [-0.25, -0.2) is 0 Å². The SMILES string of the molecule is CC(OC(=O)C(C)(C)C)O/C([O-])=N/c1c[n+](C2CC(C)(C)N(O)C(C)(C)C2)no1. The lowest BCUT2D eigenvalue weighted by molar-refractivity contribution is -0.791. The molecule has 0 bridgehead atoms. The van der Waals surface area contributed by atoms with Crippen LogP contribution in [0.5, 0.6) is 0 Å². The second-order valence-corrected chi connectivity index (χ2v) is 9.74. The molecular formula is C19H32N4O6. The summed E-state index contributed by atoms with van der Waals surface area (Å²) in [6, 6.07) is -0.0428. The molecule has 10 nitrogen and oxygen atoms in total. The third-order valence-corrected chi connectivity index (χ3v) is 4.82. The number of nitrogens with zero attached hydrogens (tertiary/aromatic N) is 4. The molecule has 0 radical (unpaired) electrons. The highest BCUT2D eigenvalue weighted by Gasteiger charge is 2.49. The number of aromatic nitrogens is 2. The maximum absolute atomic E-state index is 12.0. The number of hydrogen-bond acceptors (Lipinski definition) is 9. The Morgan fingerprint density at radius 3 is 2.41 bits per heavy atom. The van der Waals surface area contributed by atoms with E-state index < -0.39 is 34.8 Å². The Labute approximate surface area is 171 Å². The largest absolute Gasteiger partial charge is 0.563 e. The lowest BCUT2D eigenvalue weighted by Crippen LogP contribution is -2.62. The predicted molar refractivity (Wildman–Crippen MR) is 99.9 cm³/mol. The lowest BCUT2D eigenvalue weighted by atomic mass is 9.79. The van der Waals surface area contributed by atoms with Gasteiger partial charge in [0.1, 0.15) is 0 Å². The summed E-state index contributed by atoms with van der Waals surface area (Å²) in [5.74, 6) is -0.512. The van der Waals surface area contributed by atoms with Crippen molar-refractivity contribution < 1.29 is 33.8 Å². The minimum absolute atomic E-state index is 0.0219. The summed E-state index contributed by atoms with van der Waals surface area (Å²) in [6.07, 6.45) is 0.746. The van der Waals surface area contributed by atoms with E-state index in [1.165, 1.54) is 18.2 Å². The molecule has 0 aromatic carbocycles. The van der Waals surface area contributed by atoms with Gasteiger partial charge in [-0.15, -0.1) is 0 Å². The second kappa shape index (κ2) is 7.91. The van der Waals surface area contributed by atoms with Crippen LogP contribution in [0, 0.1) is 5.41 Å². The van der Waals surface area contributed by atoms with E-state index in [-0.39, 0.29) is 11.9 Å². The van der Waals surface area contributed by atoms with Gasteiger partial charge in [-0.1, -0.05) is 0 Å². The first-order valence-electron chi connectivity index (χ1n) is 9.63. The van der Waals surface area contributed by atoms with Gasteiger partial charge in [-0.3, -0.25) is 9.32 Å². The summed E-state index contributed by atoms with van der Waals surface area (Å²) in [4.78, 5) is 15.5. The average Bonchev–Trinajstić information content (AvgIpc) is 2.99. The van der Waals surface area contributed by atoms with Crippen molar-refractivity contribution in [2.45, 2.75) is 91.6 Å². The highest BCUT2D eigenvalue weighted by atomic mass is 16.7. The van der Waals surface area contributed by atoms with Crippen LogP contribution in [0.15, 0.2) is 15.7 Å². The van der Waals surface area contributed by atoms with Crippen LogP contribution in [0.1, 0.15) is 74.3 Å². The standard InChI is InChI=1S/C19H32N4O6/c1-12(27-15(24)17(2,3)4)28-16(25)20-14-11-22(21-29-14)13-9-18(5,6)23(26)19(7,8)10-13/h11-13,26H,9-10H2,1-8H3. The molecule has 0 aliphatic carbocycles. The number of carbonyl (C=O) groups excluding carboxylic acids is 1. The topological polar surface area (TPSA) is 124 Å². The van der Waals surface area contributed by atoms with Crippen LogP contribution in [0.4, 0.5) is 5.88 Å². The number of esters is 1. The van der Waals surface area contributed by atoms with Gasteiger partial charge in [0.2, 0.25) is 5.27 Å². The number of rotatable bonds is 4. The molecule has 1 aliphatic heterocycles. The van der Waals surface area contributed by atoms with Crippen LogP contribution in [-0.2, 0) is 14.3 Å². The summed E-state index contributed by atoms with van der Waals surface area (Å²) in [6.45, 7) is 14.3. The van der Waals surface area contributed by atoms with Gasteiger partial charge < -0.3 is 19.8 Å². The third-order valence-electron chi connectivity index (χ3n) is 4.82. The summed E-state index contributed by atoms with van der Waals surface area (Å²) < 4.78 is 16.8. The van der Waals surface area contributed by atoms with Crippen molar-refractivity contribution in [3.8, 4) is 0 Å². The van der Waals surface area contributed by atoms with Crippen LogP contribution in [0.25, 0.3) is 0 Å². The van der Waals surface area contributed by atoms with Crippen molar-refractivity contribution in [2.24, 2.45) is 10.4 Å².